The molecule has 1 aromatic rings. The number of aromatic nitrogens is 1. The fraction of sp³-hybridized carbons (Fsp3) is 0.619. The lowest BCUT2D eigenvalue weighted by Gasteiger charge is -2.34. The highest BCUT2D eigenvalue weighted by atomic mass is 19.4. The van der Waals surface area contributed by atoms with E-state index in [2.05, 4.69) is 9.88 Å². The molecule has 2 saturated heterocycles. The van der Waals surface area contributed by atoms with Crippen LogP contribution < -0.4 is 4.90 Å². The lowest BCUT2D eigenvalue weighted by Crippen LogP contribution is -2.48. The summed E-state index contributed by atoms with van der Waals surface area (Å²) in [5, 5.41) is 7.12. The van der Waals surface area contributed by atoms with Crippen LogP contribution in [0.3, 0.4) is 0 Å². The molecule has 12 heteroatoms. The number of rotatable bonds is 4. The average molecular weight is 474 g/mol. The summed E-state index contributed by atoms with van der Waals surface area (Å²) >= 11 is 0. The molecule has 0 radical (unpaired) electrons. The number of anilines is 1. The number of amides is 2. The predicted octanol–water partition coefficient (Wildman–Crippen LogP) is 1.49. The van der Waals surface area contributed by atoms with Gasteiger partial charge in [-0.15, -0.1) is 0 Å². The molecule has 3 heterocycles. The number of ether oxygens (including phenoxy) is 1. The van der Waals surface area contributed by atoms with Gasteiger partial charge in [0.2, 0.25) is 11.8 Å². The SMILES string of the molecule is COCC(=O)N1CCC[C@]2(C(=O)N(C)C)CN(c3ccccn3)C[C@@H]2C1.O=C(O)C(F)(F)F. The van der Waals surface area contributed by atoms with Gasteiger partial charge in [-0.1, -0.05) is 6.07 Å². The molecule has 0 spiro atoms. The molecule has 0 aromatic carbocycles. The van der Waals surface area contributed by atoms with Gasteiger partial charge in [0.15, 0.2) is 0 Å². The summed E-state index contributed by atoms with van der Waals surface area (Å²) in [5.74, 6) is -1.63. The highest BCUT2D eigenvalue weighted by Crippen LogP contribution is 2.44. The zero-order valence-electron chi connectivity index (χ0n) is 18.8. The zero-order chi connectivity index (χ0) is 24.8. The average Bonchev–Trinajstić information content (AvgIpc) is 3.02. The van der Waals surface area contributed by atoms with Crippen LogP contribution in [0.2, 0.25) is 0 Å². The molecule has 0 unspecified atom stereocenters. The monoisotopic (exact) mass is 474 g/mol. The fourth-order valence-electron chi connectivity index (χ4n) is 4.38. The quantitative estimate of drug-likeness (QED) is 0.705. The van der Waals surface area contributed by atoms with Crippen LogP contribution >= 0.6 is 0 Å². The number of methoxy groups -OCH3 is 1. The van der Waals surface area contributed by atoms with Gasteiger partial charge >= 0.3 is 12.1 Å². The number of carboxylic acid groups (broad SMARTS) is 1. The Morgan fingerprint density at radius 1 is 1.27 bits per heavy atom. The van der Waals surface area contributed by atoms with Crippen molar-refractivity contribution < 1.29 is 37.4 Å². The van der Waals surface area contributed by atoms with Gasteiger partial charge in [0.05, 0.1) is 5.41 Å². The van der Waals surface area contributed by atoms with Crippen LogP contribution in [0.5, 0.6) is 0 Å². The summed E-state index contributed by atoms with van der Waals surface area (Å²) in [7, 11) is 5.17. The molecule has 9 nitrogen and oxygen atoms in total. The third-order valence-electron chi connectivity index (χ3n) is 5.86. The highest BCUT2D eigenvalue weighted by molar-refractivity contribution is 5.85. The Hall–Kier alpha value is -2.89. The van der Waals surface area contributed by atoms with Crippen LogP contribution in [-0.4, -0.2) is 97.8 Å². The van der Waals surface area contributed by atoms with Crippen LogP contribution in [0.15, 0.2) is 24.4 Å². The molecule has 0 saturated carbocycles. The van der Waals surface area contributed by atoms with Gasteiger partial charge in [-0.3, -0.25) is 9.59 Å². The second-order valence-electron chi connectivity index (χ2n) is 8.30. The molecule has 2 fully saturated rings. The number of hydrogen-bond donors (Lipinski definition) is 1. The molecule has 0 aliphatic carbocycles. The van der Waals surface area contributed by atoms with Crippen molar-refractivity contribution in [3.8, 4) is 0 Å². The number of halogens is 3. The minimum absolute atomic E-state index is 0.00288. The Morgan fingerprint density at radius 3 is 2.45 bits per heavy atom. The van der Waals surface area contributed by atoms with Crippen molar-refractivity contribution in [1.29, 1.82) is 0 Å². The van der Waals surface area contributed by atoms with E-state index >= 15 is 0 Å². The van der Waals surface area contributed by atoms with Crippen molar-refractivity contribution in [2.24, 2.45) is 11.3 Å². The first-order chi connectivity index (χ1) is 15.4. The number of hydrogen-bond acceptors (Lipinski definition) is 6. The van der Waals surface area contributed by atoms with Crippen LogP contribution in [0.25, 0.3) is 0 Å². The lowest BCUT2D eigenvalue weighted by molar-refractivity contribution is -0.192. The Labute approximate surface area is 190 Å². The minimum atomic E-state index is -5.08. The van der Waals surface area contributed by atoms with Gasteiger partial charge in [0, 0.05) is 59.5 Å². The summed E-state index contributed by atoms with van der Waals surface area (Å²) in [4.78, 5) is 44.7. The summed E-state index contributed by atoms with van der Waals surface area (Å²) in [6.07, 6.45) is -1.70. The Bertz CT molecular complexity index is 837. The van der Waals surface area contributed by atoms with E-state index in [9.17, 15) is 22.8 Å². The predicted molar refractivity (Wildman–Crippen MR) is 112 cm³/mol. The molecular weight excluding hydrogens is 445 g/mol. The Kier molecular flexibility index (Phi) is 8.64. The van der Waals surface area contributed by atoms with Gasteiger partial charge < -0.3 is 24.5 Å². The molecule has 2 aliphatic heterocycles. The first-order valence-electron chi connectivity index (χ1n) is 10.4. The number of alkyl halides is 3. The van der Waals surface area contributed by atoms with Crippen molar-refractivity contribution in [2.45, 2.75) is 19.0 Å². The molecule has 3 rings (SSSR count). The zero-order valence-corrected chi connectivity index (χ0v) is 18.8. The van der Waals surface area contributed by atoms with Crippen molar-refractivity contribution in [3.05, 3.63) is 24.4 Å². The van der Waals surface area contributed by atoms with E-state index in [1.807, 2.05) is 37.2 Å². The molecule has 1 N–H and O–H groups in total. The van der Waals surface area contributed by atoms with Crippen LogP contribution in [-0.2, 0) is 19.1 Å². The maximum absolute atomic E-state index is 13.2. The molecule has 2 amide bonds. The lowest BCUT2D eigenvalue weighted by atomic mass is 9.74. The number of likely N-dealkylation sites (tertiary alicyclic amines) is 1. The second-order valence-corrected chi connectivity index (χ2v) is 8.30. The van der Waals surface area contributed by atoms with Crippen LogP contribution in [0, 0.1) is 11.3 Å². The summed E-state index contributed by atoms with van der Waals surface area (Å²) < 4.78 is 36.8. The van der Waals surface area contributed by atoms with E-state index in [0.717, 1.165) is 25.2 Å². The number of aliphatic carboxylic acids is 1. The number of nitrogens with zero attached hydrogens (tertiary/aromatic N) is 4. The Morgan fingerprint density at radius 2 is 1.94 bits per heavy atom. The van der Waals surface area contributed by atoms with Gasteiger partial charge in [0.25, 0.3) is 0 Å². The molecule has 2 atom stereocenters. The topological polar surface area (TPSA) is 103 Å². The number of carbonyl (C=O) groups is 3. The molecule has 184 valence electrons. The molecule has 1 aromatic heterocycles. The minimum Gasteiger partial charge on any atom is -0.475 e. The number of pyridine rings is 1. The second kappa shape index (κ2) is 10.8. The smallest absolute Gasteiger partial charge is 0.475 e. The maximum Gasteiger partial charge on any atom is 0.490 e. The first-order valence-corrected chi connectivity index (χ1v) is 10.4. The van der Waals surface area contributed by atoms with Crippen molar-refractivity contribution in [3.63, 3.8) is 0 Å². The standard InChI is InChI=1S/C19H28N4O3.C2HF3O2/c1-21(2)18(25)19-8-6-10-22(17(24)13-26-3)11-15(19)12-23(14-19)16-7-4-5-9-20-16;3-2(4,5)1(6)7/h4-5,7,9,15H,6,8,10-14H2,1-3H3;(H,6,7)/t15-,19-;/m0./s1. The molecule has 2 aliphatic rings. The van der Waals surface area contributed by atoms with Crippen molar-refractivity contribution in [2.75, 3.05) is 58.9 Å². The van der Waals surface area contributed by atoms with E-state index in [1.165, 1.54) is 7.11 Å². The Balaban J connectivity index is 0.000000479. The van der Waals surface area contributed by atoms with Crippen LogP contribution in [0.1, 0.15) is 12.8 Å². The summed E-state index contributed by atoms with van der Waals surface area (Å²) in [5.41, 5.74) is -0.469. The van der Waals surface area contributed by atoms with Gasteiger partial charge in [-0.2, -0.15) is 13.2 Å². The van der Waals surface area contributed by atoms with E-state index < -0.39 is 17.6 Å². The van der Waals surface area contributed by atoms with Crippen molar-refractivity contribution in [1.82, 2.24) is 14.8 Å². The first kappa shape index (κ1) is 26.4. The van der Waals surface area contributed by atoms with Crippen LogP contribution in [0.4, 0.5) is 19.0 Å². The van der Waals surface area contributed by atoms with Gasteiger partial charge in [-0.25, -0.2) is 9.78 Å². The summed E-state index contributed by atoms with van der Waals surface area (Å²) in [6.45, 7) is 2.74. The number of carbonyl (C=O) groups excluding carboxylic acids is 2. The highest BCUT2D eigenvalue weighted by Gasteiger charge is 2.54. The van der Waals surface area contributed by atoms with E-state index in [0.29, 0.717) is 19.6 Å². The molecule has 33 heavy (non-hydrogen) atoms. The number of fused-ring (bicyclic) bond motifs is 1. The molecule has 0 bridgehead atoms. The van der Waals surface area contributed by atoms with E-state index in [4.69, 9.17) is 14.6 Å². The third-order valence-corrected chi connectivity index (χ3v) is 5.86. The van der Waals surface area contributed by atoms with E-state index in [-0.39, 0.29) is 24.3 Å². The normalized spacial score (nSPS) is 22.5. The maximum atomic E-state index is 13.2. The number of carboxylic acids is 1. The fourth-order valence-corrected chi connectivity index (χ4v) is 4.38. The van der Waals surface area contributed by atoms with E-state index in [1.54, 1.807) is 11.1 Å². The third kappa shape index (κ3) is 6.34. The van der Waals surface area contributed by atoms with Gasteiger partial charge in [-0.05, 0) is 25.0 Å². The van der Waals surface area contributed by atoms with Gasteiger partial charge in [0.1, 0.15) is 12.4 Å². The molecular formula is C21H29F3N4O5. The largest absolute Gasteiger partial charge is 0.490 e. The van der Waals surface area contributed by atoms with Crippen molar-refractivity contribution >= 4 is 23.6 Å². The summed E-state index contributed by atoms with van der Waals surface area (Å²) in [6, 6.07) is 5.84.